The van der Waals surface area contributed by atoms with E-state index in [1.165, 1.54) is 4.31 Å². The SMILES string of the molecule is COCCNC(=O)CCN(c1ccc(C(C)C)cc1)S(C)(=O)=O. The first-order valence-corrected chi connectivity index (χ1v) is 9.44. The second-order valence-corrected chi connectivity index (χ2v) is 7.58. The largest absolute Gasteiger partial charge is 0.383 e. The van der Waals surface area contributed by atoms with Crippen molar-refractivity contribution in [3.05, 3.63) is 29.8 Å². The van der Waals surface area contributed by atoms with Gasteiger partial charge in [0.25, 0.3) is 0 Å². The van der Waals surface area contributed by atoms with Gasteiger partial charge in [0.2, 0.25) is 15.9 Å². The number of hydrogen-bond donors (Lipinski definition) is 1. The maximum atomic E-state index is 12.0. The van der Waals surface area contributed by atoms with E-state index in [-0.39, 0.29) is 18.9 Å². The Balaban J connectivity index is 2.76. The molecule has 130 valence electrons. The zero-order valence-corrected chi connectivity index (χ0v) is 15.0. The first kappa shape index (κ1) is 19.4. The van der Waals surface area contributed by atoms with Crippen molar-refractivity contribution in [2.24, 2.45) is 0 Å². The lowest BCUT2D eigenvalue weighted by Crippen LogP contribution is -2.35. The molecule has 1 aromatic carbocycles. The van der Waals surface area contributed by atoms with E-state index in [4.69, 9.17) is 4.74 Å². The highest BCUT2D eigenvalue weighted by Gasteiger charge is 2.18. The zero-order chi connectivity index (χ0) is 17.5. The lowest BCUT2D eigenvalue weighted by molar-refractivity contribution is -0.121. The Kier molecular flexibility index (Phi) is 7.51. The summed E-state index contributed by atoms with van der Waals surface area (Å²) >= 11 is 0. The number of benzene rings is 1. The van der Waals surface area contributed by atoms with Crippen LogP contribution in [0.25, 0.3) is 0 Å². The van der Waals surface area contributed by atoms with E-state index in [9.17, 15) is 13.2 Å². The van der Waals surface area contributed by atoms with Gasteiger partial charge in [-0.15, -0.1) is 0 Å². The molecule has 0 aliphatic rings. The molecule has 1 aromatic rings. The van der Waals surface area contributed by atoms with Crippen LogP contribution in [0.1, 0.15) is 31.7 Å². The molecule has 0 aromatic heterocycles. The van der Waals surface area contributed by atoms with Gasteiger partial charge in [-0.05, 0) is 23.6 Å². The van der Waals surface area contributed by atoms with E-state index in [0.29, 0.717) is 24.8 Å². The number of ether oxygens (including phenoxy) is 1. The molecule has 0 spiro atoms. The van der Waals surface area contributed by atoms with Crippen molar-refractivity contribution in [1.29, 1.82) is 0 Å². The predicted octanol–water partition coefficient (Wildman–Crippen LogP) is 1.73. The minimum Gasteiger partial charge on any atom is -0.383 e. The number of nitrogens with one attached hydrogen (secondary N) is 1. The van der Waals surface area contributed by atoms with Gasteiger partial charge < -0.3 is 10.1 Å². The highest BCUT2D eigenvalue weighted by molar-refractivity contribution is 7.92. The fraction of sp³-hybridized carbons (Fsp3) is 0.562. The Labute approximate surface area is 138 Å². The van der Waals surface area contributed by atoms with Crippen molar-refractivity contribution in [3.8, 4) is 0 Å². The Morgan fingerprint density at radius 3 is 2.35 bits per heavy atom. The Hall–Kier alpha value is -1.60. The fourth-order valence-corrected chi connectivity index (χ4v) is 3.02. The van der Waals surface area contributed by atoms with Crippen molar-refractivity contribution in [1.82, 2.24) is 5.32 Å². The van der Waals surface area contributed by atoms with Gasteiger partial charge in [-0.1, -0.05) is 26.0 Å². The van der Waals surface area contributed by atoms with E-state index in [1.54, 1.807) is 19.2 Å². The predicted molar refractivity (Wildman–Crippen MR) is 92.2 cm³/mol. The van der Waals surface area contributed by atoms with E-state index in [2.05, 4.69) is 19.2 Å². The average Bonchev–Trinajstić information content (AvgIpc) is 2.47. The van der Waals surface area contributed by atoms with Crippen LogP contribution in [0.4, 0.5) is 5.69 Å². The minimum atomic E-state index is -3.44. The molecule has 0 heterocycles. The molecule has 7 heteroatoms. The highest BCUT2D eigenvalue weighted by Crippen LogP contribution is 2.22. The molecule has 0 unspecified atom stereocenters. The van der Waals surface area contributed by atoms with E-state index in [0.717, 1.165) is 11.8 Å². The number of carbonyl (C=O) groups is 1. The maximum absolute atomic E-state index is 12.0. The Morgan fingerprint density at radius 2 is 1.87 bits per heavy atom. The van der Waals surface area contributed by atoms with Crippen molar-refractivity contribution >= 4 is 21.6 Å². The topological polar surface area (TPSA) is 75.7 Å². The molecular formula is C16H26N2O4S. The number of sulfonamides is 1. The van der Waals surface area contributed by atoms with Gasteiger partial charge in [0.1, 0.15) is 0 Å². The summed E-state index contributed by atoms with van der Waals surface area (Å²) in [6, 6.07) is 7.38. The molecule has 6 nitrogen and oxygen atoms in total. The van der Waals surface area contributed by atoms with Crippen molar-refractivity contribution in [2.75, 3.05) is 37.4 Å². The third-order valence-corrected chi connectivity index (χ3v) is 4.61. The molecule has 1 amide bonds. The normalized spacial score (nSPS) is 11.5. The van der Waals surface area contributed by atoms with E-state index in [1.807, 2.05) is 12.1 Å². The summed E-state index contributed by atoms with van der Waals surface area (Å²) in [5, 5.41) is 2.68. The lowest BCUT2D eigenvalue weighted by Gasteiger charge is -2.22. The quantitative estimate of drug-likeness (QED) is 0.694. The maximum Gasteiger partial charge on any atom is 0.232 e. The Morgan fingerprint density at radius 1 is 1.26 bits per heavy atom. The number of hydrogen-bond acceptors (Lipinski definition) is 4. The second kappa shape index (κ2) is 8.88. The van der Waals surface area contributed by atoms with Crippen LogP contribution < -0.4 is 9.62 Å². The molecule has 0 radical (unpaired) electrons. The highest BCUT2D eigenvalue weighted by atomic mass is 32.2. The Bertz CT molecular complexity index is 597. The van der Waals surface area contributed by atoms with Crippen molar-refractivity contribution in [3.63, 3.8) is 0 Å². The van der Waals surface area contributed by atoms with Gasteiger partial charge >= 0.3 is 0 Å². The zero-order valence-electron chi connectivity index (χ0n) is 14.2. The molecular weight excluding hydrogens is 316 g/mol. The summed E-state index contributed by atoms with van der Waals surface area (Å²) in [6.45, 7) is 5.11. The standard InChI is InChI=1S/C16H26N2O4S/c1-13(2)14-5-7-15(8-6-14)18(23(4,20)21)11-9-16(19)17-10-12-22-3/h5-8,13H,9-12H2,1-4H3,(H,17,19). The molecule has 0 aliphatic heterocycles. The number of carbonyl (C=O) groups excluding carboxylic acids is 1. The summed E-state index contributed by atoms with van der Waals surface area (Å²) in [7, 11) is -1.89. The first-order valence-electron chi connectivity index (χ1n) is 7.59. The summed E-state index contributed by atoms with van der Waals surface area (Å²) < 4.78 is 30.1. The van der Waals surface area contributed by atoms with Gasteiger partial charge in [0, 0.05) is 26.6 Å². The van der Waals surface area contributed by atoms with Crippen LogP contribution in [0.15, 0.2) is 24.3 Å². The van der Waals surface area contributed by atoms with E-state index < -0.39 is 10.0 Å². The van der Waals surface area contributed by atoms with Gasteiger partial charge in [-0.2, -0.15) is 0 Å². The molecule has 0 saturated carbocycles. The molecule has 0 saturated heterocycles. The molecule has 1 rings (SSSR count). The number of amides is 1. The molecule has 0 fully saturated rings. The smallest absolute Gasteiger partial charge is 0.232 e. The van der Waals surface area contributed by atoms with Gasteiger partial charge in [-0.3, -0.25) is 9.10 Å². The van der Waals surface area contributed by atoms with Gasteiger partial charge in [0.05, 0.1) is 18.6 Å². The molecule has 1 N–H and O–H groups in total. The van der Waals surface area contributed by atoms with Crippen molar-refractivity contribution in [2.45, 2.75) is 26.2 Å². The first-order chi connectivity index (χ1) is 10.8. The van der Waals surface area contributed by atoms with Crippen LogP contribution in [0.5, 0.6) is 0 Å². The lowest BCUT2D eigenvalue weighted by atomic mass is 10.0. The number of nitrogens with zero attached hydrogens (tertiary/aromatic N) is 1. The third-order valence-electron chi connectivity index (χ3n) is 3.42. The van der Waals surface area contributed by atoms with E-state index >= 15 is 0 Å². The summed E-state index contributed by atoms with van der Waals surface area (Å²) in [5.74, 6) is 0.178. The van der Waals surface area contributed by atoms with Crippen molar-refractivity contribution < 1.29 is 17.9 Å². The molecule has 0 atom stereocenters. The van der Waals surface area contributed by atoms with Crippen LogP contribution in [0.3, 0.4) is 0 Å². The minimum absolute atomic E-state index is 0.0999. The number of methoxy groups -OCH3 is 1. The van der Waals surface area contributed by atoms with Crippen LogP contribution >= 0.6 is 0 Å². The summed E-state index contributed by atoms with van der Waals surface area (Å²) in [6.07, 6.45) is 1.24. The van der Waals surface area contributed by atoms with Gasteiger partial charge in [-0.25, -0.2) is 8.42 Å². The van der Waals surface area contributed by atoms with Crippen LogP contribution in [-0.2, 0) is 19.6 Å². The van der Waals surface area contributed by atoms with Crippen LogP contribution in [-0.4, -0.2) is 47.4 Å². The van der Waals surface area contributed by atoms with Crippen LogP contribution in [0.2, 0.25) is 0 Å². The second-order valence-electron chi connectivity index (χ2n) is 5.67. The number of rotatable bonds is 9. The summed E-state index contributed by atoms with van der Waals surface area (Å²) in [5.41, 5.74) is 1.71. The molecule has 0 aliphatic carbocycles. The molecule has 23 heavy (non-hydrogen) atoms. The monoisotopic (exact) mass is 342 g/mol. The van der Waals surface area contributed by atoms with Gasteiger partial charge in [0.15, 0.2) is 0 Å². The molecule has 0 bridgehead atoms. The number of anilines is 1. The summed E-state index contributed by atoms with van der Waals surface area (Å²) in [4.78, 5) is 11.7. The average molecular weight is 342 g/mol. The fourth-order valence-electron chi connectivity index (χ4n) is 2.10. The van der Waals surface area contributed by atoms with Crippen LogP contribution in [0, 0.1) is 0 Å². The third kappa shape index (κ3) is 6.58.